The third kappa shape index (κ3) is 3.82. The summed E-state index contributed by atoms with van der Waals surface area (Å²) >= 11 is 9.17. The number of benzene rings is 1. The summed E-state index contributed by atoms with van der Waals surface area (Å²) in [6.07, 6.45) is 0.741. The van der Waals surface area contributed by atoms with E-state index < -0.39 is 0 Å². The number of hydrogen-bond donors (Lipinski definition) is 0. The number of hydrogen-bond acceptors (Lipinski definition) is 6. The molecule has 0 unspecified atom stereocenters. The maximum absolute atomic E-state index is 13.0. The Balaban J connectivity index is 1.75. The van der Waals surface area contributed by atoms with Crippen molar-refractivity contribution in [1.29, 1.82) is 0 Å². The van der Waals surface area contributed by atoms with E-state index in [1.54, 1.807) is 27.7 Å². The number of aromatic nitrogens is 4. The van der Waals surface area contributed by atoms with Crippen molar-refractivity contribution in [2.45, 2.75) is 30.8 Å². The lowest BCUT2D eigenvalue weighted by Crippen LogP contribution is -2.24. The van der Waals surface area contributed by atoms with Crippen LogP contribution in [0.4, 0.5) is 0 Å². The highest BCUT2D eigenvalue weighted by Gasteiger charge is 2.16. The molecule has 28 heavy (non-hydrogen) atoms. The van der Waals surface area contributed by atoms with Gasteiger partial charge in [0.1, 0.15) is 0 Å². The molecule has 4 aromatic rings. The van der Waals surface area contributed by atoms with Crippen LogP contribution in [0.2, 0.25) is 4.34 Å². The van der Waals surface area contributed by atoms with Gasteiger partial charge in [0.15, 0.2) is 5.16 Å². The molecule has 3 aromatic heterocycles. The number of fused-ring (bicyclic) bond motifs is 3. The zero-order valence-electron chi connectivity index (χ0n) is 15.3. The van der Waals surface area contributed by atoms with E-state index in [0.29, 0.717) is 30.9 Å². The number of rotatable bonds is 8. The Labute approximate surface area is 175 Å². The molecular formula is C19H19ClN4O2S2. The predicted molar refractivity (Wildman–Crippen MR) is 115 cm³/mol. The average molecular weight is 435 g/mol. The number of aryl methyl sites for hydroxylation is 1. The van der Waals surface area contributed by atoms with Gasteiger partial charge in [-0.3, -0.25) is 13.8 Å². The molecule has 0 amide bonds. The summed E-state index contributed by atoms with van der Waals surface area (Å²) in [5.74, 6) is 1.31. The Morgan fingerprint density at radius 1 is 1.21 bits per heavy atom. The second kappa shape index (κ2) is 8.65. The van der Waals surface area contributed by atoms with Gasteiger partial charge in [-0.2, -0.15) is 0 Å². The molecule has 0 bridgehead atoms. The zero-order chi connectivity index (χ0) is 19.5. The molecule has 0 saturated carbocycles. The monoisotopic (exact) mass is 434 g/mol. The number of para-hydroxylation sites is 1. The van der Waals surface area contributed by atoms with Crippen molar-refractivity contribution >= 4 is 51.4 Å². The Hall–Kier alpha value is -1.87. The molecule has 0 aliphatic heterocycles. The summed E-state index contributed by atoms with van der Waals surface area (Å²) in [7, 11) is 0. The minimum Gasteiger partial charge on any atom is -0.382 e. The lowest BCUT2D eigenvalue weighted by atomic mass is 10.2. The molecule has 0 aliphatic carbocycles. The molecule has 146 valence electrons. The number of thiophene rings is 1. The fourth-order valence-electron chi connectivity index (χ4n) is 3.06. The van der Waals surface area contributed by atoms with E-state index in [-0.39, 0.29) is 5.56 Å². The molecule has 4 rings (SSSR count). The number of thioether (sulfide) groups is 1. The van der Waals surface area contributed by atoms with Crippen LogP contribution in [0.1, 0.15) is 18.2 Å². The molecule has 1 aromatic carbocycles. The van der Waals surface area contributed by atoms with Crippen LogP contribution < -0.4 is 5.56 Å². The van der Waals surface area contributed by atoms with Crippen LogP contribution in [0.3, 0.4) is 0 Å². The molecule has 3 heterocycles. The Bertz CT molecular complexity index is 1170. The number of nitrogens with zero attached hydrogens (tertiary/aromatic N) is 4. The second-order valence-electron chi connectivity index (χ2n) is 6.14. The van der Waals surface area contributed by atoms with E-state index in [0.717, 1.165) is 27.2 Å². The van der Waals surface area contributed by atoms with Crippen LogP contribution in [0.5, 0.6) is 0 Å². The van der Waals surface area contributed by atoms with Crippen molar-refractivity contribution in [3.05, 3.63) is 56.0 Å². The minimum atomic E-state index is -0.0476. The van der Waals surface area contributed by atoms with Gasteiger partial charge in [0.05, 0.1) is 15.2 Å². The first-order valence-corrected chi connectivity index (χ1v) is 11.2. The van der Waals surface area contributed by atoms with Gasteiger partial charge >= 0.3 is 0 Å². The van der Waals surface area contributed by atoms with Gasteiger partial charge in [0.2, 0.25) is 5.78 Å². The summed E-state index contributed by atoms with van der Waals surface area (Å²) in [6.45, 7) is 3.77. The molecule has 0 spiro atoms. The SMILES string of the molecule is CCOCCCn1c(=O)c2ccccc2n2c(SCc3ccc(Cl)s3)nnc12. The quantitative estimate of drug-likeness (QED) is 0.302. The highest BCUT2D eigenvalue weighted by Crippen LogP contribution is 2.29. The lowest BCUT2D eigenvalue weighted by Gasteiger charge is -2.11. The van der Waals surface area contributed by atoms with E-state index in [4.69, 9.17) is 16.3 Å². The van der Waals surface area contributed by atoms with Crippen molar-refractivity contribution in [3.8, 4) is 0 Å². The van der Waals surface area contributed by atoms with Gasteiger partial charge in [-0.15, -0.1) is 21.5 Å². The van der Waals surface area contributed by atoms with Gasteiger partial charge in [-0.1, -0.05) is 35.5 Å². The third-order valence-electron chi connectivity index (χ3n) is 4.33. The lowest BCUT2D eigenvalue weighted by molar-refractivity contribution is 0.141. The van der Waals surface area contributed by atoms with Crippen LogP contribution >= 0.6 is 34.7 Å². The van der Waals surface area contributed by atoms with Crippen molar-refractivity contribution in [3.63, 3.8) is 0 Å². The molecule has 0 fully saturated rings. The van der Waals surface area contributed by atoms with E-state index in [1.165, 1.54) is 4.88 Å². The molecular weight excluding hydrogens is 416 g/mol. The predicted octanol–water partition coefficient (Wildman–Crippen LogP) is 4.48. The fraction of sp³-hybridized carbons (Fsp3) is 0.316. The van der Waals surface area contributed by atoms with E-state index in [9.17, 15) is 4.79 Å². The van der Waals surface area contributed by atoms with Crippen LogP contribution in [-0.4, -0.2) is 32.4 Å². The first-order valence-electron chi connectivity index (χ1n) is 9.00. The molecule has 0 aliphatic rings. The molecule has 0 saturated heterocycles. The highest BCUT2D eigenvalue weighted by atomic mass is 35.5. The van der Waals surface area contributed by atoms with Crippen LogP contribution in [0.15, 0.2) is 46.3 Å². The van der Waals surface area contributed by atoms with Gasteiger partial charge < -0.3 is 4.74 Å². The van der Waals surface area contributed by atoms with E-state index >= 15 is 0 Å². The topological polar surface area (TPSA) is 61.4 Å². The maximum atomic E-state index is 13.0. The largest absolute Gasteiger partial charge is 0.382 e. The first-order chi connectivity index (χ1) is 13.7. The van der Waals surface area contributed by atoms with Crippen molar-refractivity contribution in [1.82, 2.24) is 19.2 Å². The third-order valence-corrected chi connectivity index (χ3v) is 6.72. The van der Waals surface area contributed by atoms with Crippen molar-refractivity contribution in [2.24, 2.45) is 0 Å². The van der Waals surface area contributed by atoms with Gasteiger partial charge in [0, 0.05) is 30.4 Å². The Morgan fingerprint density at radius 3 is 2.86 bits per heavy atom. The maximum Gasteiger partial charge on any atom is 0.262 e. The summed E-state index contributed by atoms with van der Waals surface area (Å²) in [5.41, 5.74) is 0.772. The minimum absolute atomic E-state index is 0.0476. The normalized spacial score (nSPS) is 11.6. The van der Waals surface area contributed by atoms with Gasteiger partial charge in [0.25, 0.3) is 5.56 Å². The van der Waals surface area contributed by atoms with Crippen molar-refractivity contribution in [2.75, 3.05) is 13.2 Å². The van der Waals surface area contributed by atoms with E-state index in [1.807, 2.05) is 47.7 Å². The average Bonchev–Trinajstić information content (AvgIpc) is 3.32. The second-order valence-corrected chi connectivity index (χ2v) is 8.88. The molecule has 6 nitrogen and oxygen atoms in total. The van der Waals surface area contributed by atoms with Gasteiger partial charge in [-0.05, 0) is 37.6 Å². The fourth-order valence-corrected chi connectivity index (χ4v) is 5.13. The summed E-state index contributed by atoms with van der Waals surface area (Å²) in [5, 5.41) is 10.1. The first kappa shape index (κ1) is 19.4. The highest BCUT2D eigenvalue weighted by molar-refractivity contribution is 7.98. The Kier molecular flexibility index (Phi) is 6.01. The summed E-state index contributed by atoms with van der Waals surface area (Å²) in [4.78, 5) is 14.2. The Morgan fingerprint density at radius 2 is 2.07 bits per heavy atom. The molecule has 0 N–H and O–H groups in total. The van der Waals surface area contributed by atoms with Crippen LogP contribution in [0.25, 0.3) is 16.7 Å². The van der Waals surface area contributed by atoms with Crippen LogP contribution in [0, 0.1) is 0 Å². The molecule has 0 atom stereocenters. The summed E-state index contributed by atoms with van der Waals surface area (Å²) < 4.78 is 9.86. The number of halogens is 1. The summed E-state index contributed by atoms with van der Waals surface area (Å²) in [6, 6.07) is 11.5. The van der Waals surface area contributed by atoms with Crippen molar-refractivity contribution < 1.29 is 4.74 Å². The smallest absolute Gasteiger partial charge is 0.262 e. The van der Waals surface area contributed by atoms with Gasteiger partial charge in [-0.25, -0.2) is 0 Å². The van der Waals surface area contributed by atoms with Crippen LogP contribution in [-0.2, 0) is 17.0 Å². The number of ether oxygens (including phenoxy) is 1. The van der Waals surface area contributed by atoms with E-state index in [2.05, 4.69) is 10.2 Å². The zero-order valence-corrected chi connectivity index (χ0v) is 17.7. The standard InChI is InChI=1S/C19H19ClN4O2S2/c1-2-26-11-5-10-23-17(25)14-6-3-4-7-15(14)24-18(23)21-22-19(24)27-12-13-8-9-16(20)28-13/h3-4,6-9H,2,5,10-12H2,1H3. The molecule has 0 radical (unpaired) electrons. The molecule has 9 heteroatoms.